The lowest BCUT2D eigenvalue weighted by Gasteiger charge is -2.24. The van der Waals surface area contributed by atoms with Crippen LogP contribution >= 0.6 is 6.72 Å². The summed E-state index contributed by atoms with van der Waals surface area (Å²) in [7, 11) is 0. The standard InChI is InChI=1S/C18H23O3PS/c1-6-19-22(23,20-17-9-7-13(2)11-15(17)4)21-18-10-8-14(3)12-16(18)5/h7-12H,6H2,1-5H3. The molecular weight excluding hydrogens is 327 g/mol. The lowest BCUT2D eigenvalue weighted by Crippen LogP contribution is -2.06. The molecule has 2 aromatic carbocycles. The van der Waals surface area contributed by atoms with Crippen molar-refractivity contribution in [2.75, 3.05) is 6.61 Å². The molecule has 3 nitrogen and oxygen atoms in total. The predicted octanol–water partition coefficient (Wildman–Crippen LogP) is 5.64. The quantitative estimate of drug-likeness (QED) is 0.630. The van der Waals surface area contributed by atoms with Gasteiger partial charge in [-0.05, 0) is 57.9 Å². The first-order valence-corrected chi connectivity index (χ1v) is 10.2. The fourth-order valence-corrected chi connectivity index (χ4v) is 4.42. The average molecular weight is 350 g/mol. The molecule has 124 valence electrons. The van der Waals surface area contributed by atoms with Gasteiger partial charge in [0.2, 0.25) is 0 Å². The molecule has 0 heterocycles. The third kappa shape index (κ3) is 4.81. The van der Waals surface area contributed by atoms with Crippen molar-refractivity contribution in [3.05, 3.63) is 58.7 Å². The van der Waals surface area contributed by atoms with Crippen LogP contribution in [-0.2, 0) is 16.3 Å². The summed E-state index contributed by atoms with van der Waals surface area (Å²) in [5, 5.41) is 0. The molecule has 23 heavy (non-hydrogen) atoms. The van der Waals surface area contributed by atoms with E-state index in [0.717, 1.165) is 11.1 Å². The molecule has 0 atom stereocenters. The summed E-state index contributed by atoms with van der Waals surface area (Å²) in [5.74, 6) is 1.41. The molecule has 0 radical (unpaired) electrons. The Kier molecular flexibility index (Phi) is 5.85. The molecule has 0 unspecified atom stereocenters. The SMILES string of the molecule is CCOP(=S)(Oc1ccc(C)cc1C)Oc1ccc(C)cc1C. The summed E-state index contributed by atoms with van der Waals surface area (Å²) in [4.78, 5) is 0. The van der Waals surface area contributed by atoms with E-state index in [-0.39, 0.29) is 0 Å². The van der Waals surface area contributed by atoms with Gasteiger partial charge >= 0.3 is 6.72 Å². The number of benzene rings is 2. The molecule has 0 amide bonds. The maximum Gasteiger partial charge on any atom is 0.434 e. The second kappa shape index (κ2) is 7.48. The Balaban J connectivity index is 2.29. The molecule has 0 fully saturated rings. The fraction of sp³-hybridized carbons (Fsp3) is 0.333. The Hall–Kier alpha value is -1.35. The van der Waals surface area contributed by atoms with E-state index >= 15 is 0 Å². The van der Waals surface area contributed by atoms with Crippen LogP contribution in [0.5, 0.6) is 11.5 Å². The minimum absolute atomic E-state index is 0.438. The highest BCUT2D eigenvalue weighted by Crippen LogP contribution is 2.51. The van der Waals surface area contributed by atoms with Gasteiger partial charge < -0.3 is 9.05 Å². The second-order valence-corrected chi connectivity index (χ2v) is 8.44. The van der Waals surface area contributed by atoms with E-state index < -0.39 is 6.72 Å². The van der Waals surface area contributed by atoms with Gasteiger partial charge in [0.15, 0.2) is 0 Å². The molecule has 0 spiro atoms. The van der Waals surface area contributed by atoms with Crippen molar-refractivity contribution in [1.29, 1.82) is 0 Å². The predicted molar refractivity (Wildman–Crippen MR) is 99.0 cm³/mol. The summed E-state index contributed by atoms with van der Waals surface area (Å²) in [6.07, 6.45) is 0. The Morgan fingerprint density at radius 1 is 0.826 bits per heavy atom. The van der Waals surface area contributed by atoms with Gasteiger partial charge in [-0.2, -0.15) is 0 Å². The van der Waals surface area contributed by atoms with E-state index in [0.29, 0.717) is 18.1 Å². The van der Waals surface area contributed by atoms with Gasteiger partial charge in [0, 0.05) is 11.8 Å². The maximum absolute atomic E-state index is 6.00. The summed E-state index contributed by atoms with van der Waals surface area (Å²) in [6.45, 7) is 7.48. The lowest BCUT2D eigenvalue weighted by molar-refractivity contribution is 0.276. The summed E-state index contributed by atoms with van der Waals surface area (Å²) in [5.41, 5.74) is 4.39. The normalized spacial score (nSPS) is 11.3. The third-order valence-corrected chi connectivity index (χ3v) is 5.55. The largest absolute Gasteiger partial charge is 0.434 e. The Labute approximate surface area is 143 Å². The zero-order chi connectivity index (χ0) is 17.0. The molecule has 0 saturated carbocycles. The summed E-state index contributed by atoms with van der Waals surface area (Å²) >= 11 is 5.59. The molecular formula is C18H23O3PS. The van der Waals surface area contributed by atoms with Crippen LogP contribution in [0, 0.1) is 27.7 Å². The monoisotopic (exact) mass is 350 g/mol. The highest BCUT2D eigenvalue weighted by molar-refractivity contribution is 8.07. The first-order valence-electron chi connectivity index (χ1n) is 7.61. The van der Waals surface area contributed by atoms with Crippen molar-refractivity contribution in [3.63, 3.8) is 0 Å². The summed E-state index contributed by atoms with van der Waals surface area (Å²) in [6, 6.07) is 11.9. The summed E-state index contributed by atoms with van der Waals surface area (Å²) < 4.78 is 17.7. The van der Waals surface area contributed by atoms with Crippen molar-refractivity contribution in [2.45, 2.75) is 34.6 Å². The van der Waals surface area contributed by atoms with Gasteiger partial charge in [-0.25, -0.2) is 0 Å². The molecule has 0 bridgehead atoms. The number of rotatable bonds is 6. The van der Waals surface area contributed by atoms with Gasteiger partial charge in [0.25, 0.3) is 0 Å². The topological polar surface area (TPSA) is 27.7 Å². The van der Waals surface area contributed by atoms with E-state index in [1.54, 1.807) is 0 Å². The van der Waals surface area contributed by atoms with Crippen LogP contribution in [0.1, 0.15) is 29.2 Å². The van der Waals surface area contributed by atoms with E-state index in [4.69, 9.17) is 25.4 Å². The van der Waals surface area contributed by atoms with Crippen molar-refractivity contribution in [3.8, 4) is 11.5 Å². The minimum atomic E-state index is -2.91. The molecule has 2 rings (SSSR count). The third-order valence-electron chi connectivity index (χ3n) is 3.37. The highest BCUT2D eigenvalue weighted by atomic mass is 32.5. The molecule has 0 N–H and O–H groups in total. The van der Waals surface area contributed by atoms with Crippen molar-refractivity contribution < 1.29 is 13.6 Å². The highest BCUT2D eigenvalue weighted by Gasteiger charge is 2.25. The van der Waals surface area contributed by atoms with Crippen LogP contribution in [-0.4, -0.2) is 6.61 Å². The average Bonchev–Trinajstić information content (AvgIpc) is 2.46. The van der Waals surface area contributed by atoms with Gasteiger partial charge in [-0.15, -0.1) is 0 Å². The van der Waals surface area contributed by atoms with Gasteiger partial charge in [-0.1, -0.05) is 35.4 Å². The Bertz CT molecular complexity index is 686. The maximum atomic E-state index is 6.00. The van der Waals surface area contributed by atoms with Crippen LogP contribution in [0.15, 0.2) is 36.4 Å². The van der Waals surface area contributed by atoms with Crippen LogP contribution in [0.25, 0.3) is 0 Å². The Morgan fingerprint density at radius 3 is 1.61 bits per heavy atom. The van der Waals surface area contributed by atoms with Crippen molar-refractivity contribution in [1.82, 2.24) is 0 Å². The number of hydrogen-bond acceptors (Lipinski definition) is 4. The van der Waals surface area contributed by atoms with E-state index in [2.05, 4.69) is 12.1 Å². The van der Waals surface area contributed by atoms with Crippen LogP contribution in [0.3, 0.4) is 0 Å². The minimum Gasteiger partial charge on any atom is -0.415 e. The van der Waals surface area contributed by atoms with Crippen LogP contribution in [0.4, 0.5) is 0 Å². The second-order valence-electron chi connectivity index (χ2n) is 5.59. The van der Waals surface area contributed by atoms with E-state index in [1.807, 2.05) is 58.9 Å². The zero-order valence-electron chi connectivity index (χ0n) is 14.3. The number of hydrogen-bond donors (Lipinski definition) is 0. The van der Waals surface area contributed by atoms with Crippen molar-refractivity contribution in [2.24, 2.45) is 0 Å². The van der Waals surface area contributed by atoms with Crippen LogP contribution in [0.2, 0.25) is 0 Å². The first kappa shape index (κ1) is 18.0. The molecule has 0 aliphatic heterocycles. The van der Waals surface area contributed by atoms with Gasteiger partial charge in [0.05, 0.1) is 6.61 Å². The van der Waals surface area contributed by atoms with Gasteiger partial charge in [0.1, 0.15) is 11.5 Å². The van der Waals surface area contributed by atoms with E-state index in [1.165, 1.54) is 11.1 Å². The molecule has 5 heteroatoms. The first-order chi connectivity index (χ1) is 10.8. The molecule has 0 aliphatic carbocycles. The molecule has 0 aromatic heterocycles. The fourth-order valence-electron chi connectivity index (χ4n) is 2.27. The van der Waals surface area contributed by atoms with Crippen molar-refractivity contribution >= 4 is 18.5 Å². The molecule has 2 aromatic rings. The Morgan fingerprint density at radius 2 is 1.26 bits per heavy atom. The molecule has 0 aliphatic rings. The van der Waals surface area contributed by atoms with Gasteiger partial charge in [-0.3, -0.25) is 4.52 Å². The zero-order valence-corrected chi connectivity index (χ0v) is 16.0. The van der Waals surface area contributed by atoms with E-state index in [9.17, 15) is 0 Å². The molecule has 0 saturated heterocycles. The number of aryl methyl sites for hydroxylation is 4. The van der Waals surface area contributed by atoms with Crippen LogP contribution < -0.4 is 9.05 Å². The smallest absolute Gasteiger partial charge is 0.415 e. The lowest BCUT2D eigenvalue weighted by atomic mass is 10.1.